The number of hydrogen-bond donors (Lipinski definition) is 8. The fourth-order valence-electron chi connectivity index (χ4n) is 5.34. The van der Waals surface area contributed by atoms with Crippen molar-refractivity contribution >= 4 is 41.4 Å². The number of phenolic OH excluding ortho intramolecular Hbond substituents is 1. The van der Waals surface area contributed by atoms with E-state index in [-0.39, 0.29) is 38.1 Å². The van der Waals surface area contributed by atoms with Crippen LogP contribution < -0.4 is 27.4 Å². The Morgan fingerprint density at radius 1 is 0.978 bits per heavy atom. The molecule has 1 aromatic rings. The highest BCUT2D eigenvalue weighted by Crippen LogP contribution is 2.26. The average molecular weight is 634 g/mol. The predicted octanol–water partition coefficient (Wildman–Crippen LogP) is -3.72. The first-order valence-corrected chi connectivity index (χ1v) is 14.4. The molecule has 2 fully saturated rings. The van der Waals surface area contributed by atoms with E-state index in [1.165, 1.54) is 21.9 Å². The summed E-state index contributed by atoms with van der Waals surface area (Å²) in [6.45, 7) is -1.06. The SMILES string of the molecule is NC(=O)CNC(=O)[C@H](CCC(=O)O)NC(=O)CNC(=O)[C@@H]1C[C@@H](O)CN1C(=O)[C@@H]1CCCN1C(=O)[C@@H](N)Cc1ccc(O)cc1. The first kappa shape index (κ1) is 34.7. The lowest BCUT2D eigenvalue weighted by Crippen LogP contribution is -2.56. The minimum absolute atomic E-state index is 0.0697. The van der Waals surface area contributed by atoms with Crippen LogP contribution in [0.15, 0.2) is 24.3 Å². The Hall–Kier alpha value is -4.77. The molecule has 2 heterocycles. The molecule has 0 radical (unpaired) electrons. The van der Waals surface area contributed by atoms with Crippen LogP contribution in [0.3, 0.4) is 0 Å². The summed E-state index contributed by atoms with van der Waals surface area (Å²) in [6, 6.07) is 1.89. The molecular weight excluding hydrogens is 594 g/mol. The second-order valence-electron chi connectivity index (χ2n) is 11.0. The van der Waals surface area contributed by atoms with Crippen LogP contribution in [0.4, 0.5) is 0 Å². The number of aliphatic carboxylic acids is 1. The van der Waals surface area contributed by atoms with Gasteiger partial charge in [0.1, 0.15) is 23.9 Å². The van der Waals surface area contributed by atoms with Gasteiger partial charge in [-0.05, 0) is 43.4 Å². The number of carbonyl (C=O) groups excluding carboxylic acids is 6. The van der Waals surface area contributed by atoms with Crippen LogP contribution in [0.2, 0.25) is 0 Å². The molecule has 5 atom stereocenters. The van der Waals surface area contributed by atoms with Crippen molar-refractivity contribution in [1.82, 2.24) is 25.8 Å². The highest BCUT2D eigenvalue weighted by molar-refractivity contribution is 5.96. The number of nitrogens with zero attached hydrogens (tertiary/aromatic N) is 2. The van der Waals surface area contributed by atoms with Crippen LogP contribution in [0.25, 0.3) is 0 Å². The molecule has 17 nitrogen and oxygen atoms in total. The van der Waals surface area contributed by atoms with Gasteiger partial charge in [-0.15, -0.1) is 0 Å². The maximum Gasteiger partial charge on any atom is 0.303 e. The van der Waals surface area contributed by atoms with Crippen LogP contribution in [-0.2, 0) is 40.0 Å². The second-order valence-corrected chi connectivity index (χ2v) is 11.0. The van der Waals surface area contributed by atoms with Crippen molar-refractivity contribution in [3.63, 3.8) is 0 Å². The molecule has 0 spiro atoms. The number of phenols is 1. The lowest BCUT2D eigenvalue weighted by molar-refractivity contribution is -0.147. The molecule has 0 aromatic heterocycles. The number of hydrogen-bond acceptors (Lipinski definition) is 10. The number of rotatable bonds is 14. The number of aliphatic hydroxyl groups excluding tert-OH is 1. The lowest BCUT2D eigenvalue weighted by Gasteiger charge is -2.32. The molecule has 2 saturated heterocycles. The molecule has 6 amide bonds. The molecule has 3 rings (SSSR count). The van der Waals surface area contributed by atoms with Crippen molar-refractivity contribution in [3.05, 3.63) is 29.8 Å². The Balaban J connectivity index is 1.60. The summed E-state index contributed by atoms with van der Waals surface area (Å²) in [6.07, 6.45) is -0.887. The predicted molar refractivity (Wildman–Crippen MR) is 155 cm³/mol. The molecule has 0 bridgehead atoms. The molecule has 1 aromatic carbocycles. The van der Waals surface area contributed by atoms with Crippen molar-refractivity contribution in [2.75, 3.05) is 26.2 Å². The van der Waals surface area contributed by atoms with Gasteiger partial charge < -0.3 is 52.5 Å². The van der Waals surface area contributed by atoms with Crippen LogP contribution >= 0.6 is 0 Å². The monoisotopic (exact) mass is 633 g/mol. The molecule has 0 unspecified atom stereocenters. The van der Waals surface area contributed by atoms with Gasteiger partial charge in [-0.1, -0.05) is 12.1 Å². The Morgan fingerprint density at radius 3 is 2.31 bits per heavy atom. The summed E-state index contributed by atoms with van der Waals surface area (Å²) in [7, 11) is 0. The van der Waals surface area contributed by atoms with Crippen LogP contribution in [0.5, 0.6) is 5.75 Å². The first-order valence-electron chi connectivity index (χ1n) is 14.4. The van der Waals surface area contributed by atoms with Crippen molar-refractivity contribution in [1.29, 1.82) is 0 Å². The summed E-state index contributed by atoms with van der Waals surface area (Å²) in [5.41, 5.74) is 11.9. The molecular formula is C28H39N7O10. The fraction of sp³-hybridized carbons (Fsp3) is 0.536. The average Bonchev–Trinajstić information content (AvgIpc) is 3.64. The number of nitrogens with two attached hydrogens (primary N) is 2. The second kappa shape index (κ2) is 15.8. The lowest BCUT2D eigenvalue weighted by atomic mass is 10.0. The maximum atomic E-state index is 13.6. The Morgan fingerprint density at radius 2 is 1.67 bits per heavy atom. The van der Waals surface area contributed by atoms with Gasteiger partial charge in [0, 0.05) is 25.9 Å². The van der Waals surface area contributed by atoms with E-state index in [2.05, 4.69) is 16.0 Å². The zero-order valence-corrected chi connectivity index (χ0v) is 24.5. The van der Waals surface area contributed by atoms with Crippen molar-refractivity contribution in [2.45, 2.75) is 68.8 Å². The van der Waals surface area contributed by atoms with E-state index in [1.54, 1.807) is 12.1 Å². The molecule has 0 aliphatic carbocycles. The minimum atomic E-state index is -1.33. The number of nitrogens with one attached hydrogen (secondary N) is 3. The molecule has 45 heavy (non-hydrogen) atoms. The van der Waals surface area contributed by atoms with Gasteiger partial charge in [-0.25, -0.2) is 0 Å². The number of carbonyl (C=O) groups is 7. The topological polar surface area (TPSA) is 275 Å². The standard InChI is InChI=1S/C28H39N7O10/c29-18(10-15-3-5-16(36)6-4-15)27(44)34-9-1-2-20(34)28(45)35-14-17(37)11-21(35)26(43)32-13-23(39)33-19(7-8-24(40)41)25(42)31-12-22(30)38/h3-6,17-21,36-37H,1-2,7-14,29H2,(H2,30,38)(H,31,42)(H,32,43)(H,33,39)(H,40,41)/t17-,18+,19+,20+,21+/m1/s1. The third-order valence-electron chi connectivity index (χ3n) is 7.55. The summed E-state index contributed by atoms with van der Waals surface area (Å²) < 4.78 is 0. The van der Waals surface area contributed by atoms with E-state index < -0.39 is 91.2 Å². The molecule has 0 saturated carbocycles. The maximum absolute atomic E-state index is 13.6. The summed E-state index contributed by atoms with van der Waals surface area (Å²) in [4.78, 5) is 89.2. The number of aromatic hydroxyl groups is 1. The van der Waals surface area contributed by atoms with Gasteiger partial charge in [0.05, 0.1) is 25.2 Å². The van der Waals surface area contributed by atoms with Crippen LogP contribution in [0.1, 0.15) is 37.7 Å². The van der Waals surface area contributed by atoms with E-state index in [0.29, 0.717) is 12.8 Å². The number of carboxylic acids is 1. The number of β-amino-alcohol motifs (C(OH)–C–C–N with tert-alkyl or cyclic N) is 1. The Kier molecular flexibility index (Phi) is 12.2. The number of carboxylic acid groups (broad SMARTS) is 1. The van der Waals surface area contributed by atoms with Gasteiger partial charge in [-0.3, -0.25) is 33.6 Å². The molecule has 17 heteroatoms. The number of benzene rings is 1. The van der Waals surface area contributed by atoms with Gasteiger partial charge in [0.15, 0.2) is 0 Å². The van der Waals surface area contributed by atoms with Crippen molar-refractivity contribution < 1.29 is 48.9 Å². The first-order chi connectivity index (χ1) is 21.3. The van der Waals surface area contributed by atoms with Crippen molar-refractivity contribution in [3.8, 4) is 5.75 Å². The smallest absolute Gasteiger partial charge is 0.303 e. The number of amides is 6. The van der Waals surface area contributed by atoms with E-state index >= 15 is 0 Å². The van der Waals surface area contributed by atoms with E-state index in [9.17, 15) is 43.8 Å². The van der Waals surface area contributed by atoms with E-state index in [0.717, 1.165) is 5.56 Å². The summed E-state index contributed by atoms with van der Waals surface area (Å²) in [5.74, 6) is -5.44. The molecule has 2 aliphatic heterocycles. The van der Waals surface area contributed by atoms with Gasteiger partial charge in [0.2, 0.25) is 35.4 Å². The quantitative estimate of drug-likeness (QED) is 0.0986. The van der Waals surface area contributed by atoms with Crippen LogP contribution in [-0.4, -0.2) is 123 Å². The third kappa shape index (κ3) is 9.87. The molecule has 2 aliphatic rings. The van der Waals surface area contributed by atoms with Gasteiger partial charge >= 0.3 is 5.97 Å². The van der Waals surface area contributed by atoms with Gasteiger partial charge in [-0.2, -0.15) is 0 Å². The minimum Gasteiger partial charge on any atom is -0.508 e. The number of primary amides is 1. The fourth-order valence-corrected chi connectivity index (χ4v) is 5.34. The van der Waals surface area contributed by atoms with E-state index in [4.69, 9.17) is 16.6 Å². The summed E-state index contributed by atoms with van der Waals surface area (Å²) in [5, 5.41) is 35.6. The van der Waals surface area contributed by atoms with Crippen molar-refractivity contribution in [2.24, 2.45) is 11.5 Å². The van der Waals surface area contributed by atoms with Crippen LogP contribution in [0, 0.1) is 0 Å². The zero-order chi connectivity index (χ0) is 33.3. The normalized spacial score (nSPS) is 20.6. The molecule has 246 valence electrons. The third-order valence-corrected chi connectivity index (χ3v) is 7.55. The number of aliphatic hydroxyl groups is 1. The highest BCUT2D eigenvalue weighted by Gasteiger charge is 2.45. The van der Waals surface area contributed by atoms with Gasteiger partial charge in [0.25, 0.3) is 0 Å². The summed E-state index contributed by atoms with van der Waals surface area (Å²) >= 11 is 0. The largest absolute Gasteiger partial charge is 0.508 e. The Labute approximate surface area is 258 Å². The zero-order valence-electron chi connectivity index (χ0n) is 24.5. The number of likely N-dealkylation sites (tertiary alicyclic amines) is 2. The highest BCUT2D eigenvalue weighted by atomic mass is 16.4. The molecule has 10 N–H and O–H groups in total. The van der Waals surface area contributed by atoms with E-state index in [1.807, 2.05) is 0 Å². The Bertz CT molecular complexity index is 1290.